The molecule has 0 saturated carbocycles. The first-order valence-electron chi connectivity index (χ1n) is 4.33. The molecule has 0 bridgehead atoms. The Morgan fingerprint density at radius 2 is 1.53 bits per heavy atom. The van der Waals surface area contributed by atoms with E-state index in [2.05, 4.69) is 9.97 Å². The van der Waals surface area contributed by atoms with Crippen LogP contribution in [-0.2, 0) is 0 Å². The van der Waals surface area contributed by atoms with Gasteiger partial charge in [0.2, 0.25) is 0 Å². The Bertz CT molecular complexity index is 566. The fourth-order valence-corrected chi connectivity index (χ4v) is 2.20. The predicted octanol–water partition coefficient (Wildman–Crippen LogP) is 5.36. The summed E-state index contributed by atoms with van der Waals surface area (Å²) in [5, 5.41) is 1.38. The van der Waals surface area contributed by atoms with Crippen LogP contribution in [0.3, 0.4) is 0 Å². The van der Waals surface area contributed by atoms with Gasteiger partial charge in [-0.2, -0.15) is 0 Å². The van der Waals surface area contributed by atoms with Crippen LogP contribution in [0.4, 0.5) is 0 Å². The Labute approximate surface area is 131 Å². The summed E-state index contributed by atoms with van der Waals surface area (Å²) in [5.41, 5.74) is 0.597. The standard InChI is InChI=1S/C10H3Cl4IN2/c11-5-3-1-2-4(6(5)12)10-16-8(13)7(15)9(14)17-10/h1-3H. The summed E-state index contributed by atoms with van der Waals surface area (Å²) in [6, 6.07) is 5.19. The van der Waals surface area contributed by atoms with E-state index >= 15 is 0 Å². The van der Waals surface area contributed by atoms with Crippen molar-refractivity contribution in [1.29, 1.82) is 0 Å². The maximum atomic E-state index is 6.07. The van der Waals surface area contributed by atoms with Crippen LogP contribution >= 0.6 is 69.0 Å². The van der Waals surface area contributed by atoms with E-state index in [9.17, 15) is 0 Å². The van der Waals surface area contributed by atoms with E-state index in [4.69, 9.17) is 46.4 Å². The molecular weight excluding hydrogens is 417 g/mol. The molecular formula is C10H3Cl4IN2. The van der Waals surface area contributed by atoms with Crippen LogP contribution in [0.15, 0.2) is 18.2 Å². The van der Waals surface area contributed by atoms with Gasteiger partial charge in [-0.25, -0.2) is 9.97 Å². The van der Waals surface area contributed by atoms with E-state index in [1.54, 1.807) is 18.2 Å². The number of rotatable bonds is 1. The fourth-order valence-electron chi connectivity index (χ4n) is 1.19. The molecule has 2 nitrogen and oxygen atoms in total. The molecule has 0 amide bonds. The average molecular weight is 420 g/mol. The highest BCUT2D eigenvalue weighted by molar-refractivity contribution is 14.1. The lowest BCUT2D eigenvalue weighted by Gasteiger charge is -2.06. The second-order valence-electron chi connectivity index (χ2n) is 3.04. The Balaban J connectivity index is 2.65. The van der Waals surface area contributed by atoms with E-state index in [0.29, 0.717) is 25.0 Å². The molecule has 2 aromatic rings. The molecule has 88 valence electrons. The monoisotopic (exact) mass is 418 g/mol. The van der Waals surface area contributed by atoms with Crippen molar-refractivity contribution in [1.82, 2.24) is 9.97 Å². The molecule has 1 heterocycles. The molecule has 0 unspecified atom stereocenters. The van der Waals surface area contributed by atoms with Crippen LogP contribution in [0, 0.1) is 3.57 Å². The first-order valence-corrected chi connectivity index (χ1v) is 6.92. The number of halogens is 5. The zero-order valence-electron chi connectivity index (χ0n) is 8.02. The van der Waals surface area contributed by atoms with Gasteiger partial charge in [-0.05, 0) is 34.7 Å². The molecule has 0 aliphatic heterocycles. The minimum absolute atomic E-state index is 0.289. The number of aromatic nitrogens is 2. The number of hydrogen-bond donors (Lipinski definition) is 0. The van der Waals surface area contributed by atoms with Gasteiger partial charge >= 0.3 is 0 Å². The third kappa shape index (κ3) is 2.79. The van der Waals surface area contributed by atoms with Gasteiger partial charge < -0.3 is 0 Å². The lowest BCUT2D eigenvalue weighted by Crippen LogP contribution is -1.94. The molecule has 1 aromatic carbocycles. The highest BCUT2D eigenvalue weighted by atomic mass is 127. The van der Waals surface area contributed by atoms with Gasteiger partial charge in [-0.15, -0.1) is 0 Å². The van der Waals surface area contributed by atoms with Crippen molar-refractivity contribution >= 4 is 69.0 Å². The summed E-state index contributed by atoms with van der Waals surface area (Å²) < 4.78 is 0.604. The zero-order valence-corrected chi connectivity index (χ0v) is 13.2. The maximum absolute atomic E-state index is 6.07. The Morgan fingerprint density at radius 1 is 0.941 bits per heavy atom. The third-order valence-corrected chi connectivity index (χ3v) is 4.99. The summed E-state index contributed by atoms with van der Waals surface area (Å²) in [5.74, 6) is 0.355. The minimum Gasteiger partial charge on any atom is -0.215 e. The highest BCUT2D eigenvalue weighted by Crippen LogP contribution is 2.33. The third-order valence-electron chi connectivity index (χ3n) is 1.96. The van der Waals surface area contributed by atoms with Gasteiger partial charge in [0.05, 0.1) is 13.6 Å². The average Bonchev–Trinajstić information content (AvgIpc) is 2.29. The van der Waals surface area contributed by atoms with Crippen molar-refractivity contribution in [2.75, 3.05) is 0 Å². The van der Waals surface area contributed by atoms with Crippen LogP contribution in [-0.4, -0.2) is 9.97 Å². The van der Waals surface area contributed by atoms with Crippen molar-refractivity contribution in [3.63, 3.8) is 0 Å². The normalized spacial score (nSPS) is 10.6. The molecule has 0 saturated heterocycles. The molecule has 0 N–H and O–H groups in total. The molecule has 1 aromatic heterocycles. The van der Waals surface area contributed by atoms with Crippen LogP contribution in [0.5, 0.6) is 0 Å². The van der Waals surface area contributed by atoms with Crippen molar-refractivity contribution in [2.24, 2.45) is 0 Å². The summed E-state index contributed by atoms with van der Waals surface area (Å²) in [6.45, 7) is 0. The van der Waals surface area contributed by atoms with Gasteiger partial charge in [0.25, 0.3) is 0 Å². The van der Waals surface area contributed by atoms with Crippen molar-refractivity contribution in [3.05, 3.63) is 42.1 Å². The molecule has 0 atom stereocenters. The molecule has 7 heteroatoms. The van der Waals surface area contributed by atoms with Gasteiger partial charge in [0.1, 0.15) is 10.3 Å². The van der Waals surface area contributed by atoms with E-state index in [-0.39, 0.29) is 10.3 Å². The van der Waals surface area contributed by atoms with E-state index in [1.807, 2.05) is 22.6 Å². The first kappa shape index (κ1) is 13.6. The molecule has 2 rings (SSSR count). The summed E-state index contributed by atoms with van der Waals surface area (Å²) in [7, 11) is 0. The zero-order chi connectivity index (χ0) is 12.6. The second kappa shape index (κ2) is 5.45. The molecule has 0 fully saturated rings. The molecule has 17 heavy (non-hydrogen) atoms. The maximum Gasteiger partial charge on any atom is 0.164 e. The van der Waals surface area contributed by atoms with E-state index in [0.717, 1.165) is 0 Å². The van der Waals surface area contributed by atoms with Crippen LogP contribution < -0.4 is 0 Å². The summed E-state index contributed by atoms with van der Waals surface area (Å²) in [6.07, 6.45) is 0. The number of hydrogen-bond acceptors (Lipinski definition) is 2. The SMILES string of the molecule is Clc1cccc(-c2nc(Cl)c(I)c(Cl)n2)c1Cl. The topological polar surface area (TPSA) is 25.8 Å². The smallest absolute Gasteiger partial charge is 0.164 e. The van der Waals surface area contributed by atoms with Crippen molar-refractivity contribution < 1.29 is 0 Å². The summed E-state index contributed by atoms with van der Waals surface area (Å²) >= 11 is 25.8. The van der Waals surface area contributed by atoms with Crippen molar-refractivity contribution in [2.45, 2.75) is 0 Å². The largest absolute Gasteiger partial charge is 0.215 e. The van der Waals surface area contributed by atoms with Gasteiger partial charge in [-0.3, -0.25) is 0 Å². The van der Waals surface area contributed by atoms with Gasteiger partial charge in [-0.1, -0.05) is 52.5 Å². The van der Waals surface area contributed by atoms with Gasteiger partial charge in [0.15, 0.2) is 5.82 Å². The van der Waals surface area contributed by atoms with Crippen LogP contribution in [0.2, 0.25) is 20.4 Å². The van der Waals surface area contributed by atoms with E-state index < -0.39 is 0 Å². The van der Waals surface area contributed by atoms with Crippen LogP contribution in [0.25, 0.3) is 11.4 Å². The van der Waals surface area contributed by atoms with E-state index in [1.165, 1.54) is 0 Å². The quantitative estimate of drug-likeness (QED) is 0.459. The number of nitrogens with zero attached hydrogens (tertiary/aromatic N) is 2. The van der Waals surface area contributed by atoms with Crippen LogP contribution in [0.1, 0.15) is 0 Å². The second-order valence-corrected chi connectivity index (χ2v) is 5.62. The summed E-state index contributed by atoms with van der Waals surface area (Å²) in [4.78, 5) is 8.25. The molecule has 0 spiro atoms. The Hall–Kier alpha value is 0.190. The lowest BCUT2D eigenvalue weighted by atomic mass is 10.2. The Kier molecular flexibility index (Phi) is 4.36. The lowest BCUT2D eigenvalue weighted by molar-refractivity contribution is 1.16. The predicted molar refractivity (Wildman–Crippen MR) is 80.2 cm³/mol. The van der Waals surface area contributed by atoms with Gasteiger partial charge in [0, 0.05) is 5.56 Å². The van der Waals surface area contributed by atoms with Crippen molar-refractivity contribution in [3.8, 4) is 11.4 Å². The first-order chi connectivity index (χ1) is 8.00. The molecule has 0 aliphatic rings. The Morgan fingerprint density at radius 3 is 2.12 bits per heavy atom. The highest BCUT2D eigenvalue weighted by Gasteiger charge is 2.14. The molecule has 0 radical (unpaired) electrons. The molecule has 0 aliphatic carbocycles. The fraction of sp³-hybridized carbons (Fsp3) is 0. The number of benzene rings is 1. The minimum atomic E-state index is 0.289.